The molecule has 0 radical (unpaired) electrons. The van der Waals surface area contributed by atoms with Crippen molar-refractivity contribution in [3.63, 3.8) is 0 Å². The van der Waals surface area contributed by atoms with Gasteiger partial charge in [-0.1, -0.05) is 22.0 Å². The minimum Gasteiger partial charge on any atom is -0.476 e. The fourth-order valence-corrected chi connectivity index (χ4v) is 2.66. The van der Waals surface area contributed by atoms with Crippen molar-refractivity contribution in [1.29, 1.82) is 0 Å². The third kappa shape index (κ3) is 2.50. The van der Waals surface area contributed by atoms with Crippen molar-refractivity contribution in [2.45, 2.75) is 6.92 Å². The summed E-state index contributed by atoms with van der Waals surface area (Å²) < 4.78 is 2.53. The van der Waals surface area contributed by atoms with Gasteiger partial charge >= 0.3 is 5.97 Å². The Balaban J connectivity index is 2.12. The van der Waals surface area contributed by atoms with Gasteiger partial charge in [0, 0.05) is 16.4 Å². The van der Waals surface area contributed by atoms with E-state index in [1.165, 1.54) is 0 Å². The molecule has 0 atom stereocenters. The van der Waals surface area contributed by atoms with Gasteiger partial charge in [0.05, 0.1) is 0 Å². The van der Waals surface area contributed by atoms with E-state index >= 15 is 0 Å². The van der Waals surface area contributed by atoms with Gasteiger partial charge in [0.15, 0.2) is 11.5 Å². The summed E-state index contributed by atoms with van der Waals surface area (Å²) in [6.07, 6.45) is 1.69. The normalized spacial score (nSPS) is 10.8. The minimum absolute atomic E-state index is 0.118. The Kier molecular flexibility index (Phi) is 3.39. The number of carbonyl (C=O) groups is 1. The van der Waals surface area contributed by atoms with Crippen LogP contribution in [0.5, 0.6) is 0 Å². The van der Waals surface area contributed by atoms with E-state index in [-0.39, 0.29) is 5.69 Å². The summed E-state index contributed by atoms with van der Waals surface area (Å²) in [5.74, 6) is -0.690. The number of benzene rings is 1. The van der Waals surface area contributed by atoms with Gasteiger partial charge in [-0.25, -0.2) is 9.78 Å². The molecule has 0 fully saturated rings. The van der Waals surface area contributed by atoms with Crippen LogP contribution in [0.25, 0.3) is 5.65 Å². The number of aromatic nitrogens is 2. The van der Waals surface area contributed by atoms with Crippen LogP contribution < -0.4 is 5.32 Å². The quantitative estimate of drug-likeness (QED) is 0.756. The summed E-state index contributed by atoms with van der Waals surface area (Å²) in [5.41, 5.74) is 2.53. The largest absolute Gasteiger partial charge is 0.476 e. The van der Waals surface area contributed by atoms with E-state index in [1.54, 1.807) is 22.7 Å². The zero-order valence-electron chi connectivity index (χ0n) is 11.2. The van der Waals surface area contributed by atoms with Crippen LogP contribution in [0.4, 0.5) is 11.5 Å². The number of anilines is 2. The standard InChI is InChI=1S/C15H12BrN3O2/c1-9-8-10(16)5-6-11(9)17-14-13(15(20)21)19-7-3-2-4-12(19)18-14/h2-8,17H,1H3,(H,20,21). The van der Waals surface area contributed by atoms with Crippen LogP contribution in [-0.4, -0.2) is 20.5 Å². The number of hydrogen-bond acceptors (Lipinski definition) is 3. The highest BCUT2D eigenvalue weighted by Crippen LogP contribution is 2.26. The van der Waals surface area contributed by atoms with E-state index in [1.807, 2.05) is 31.2 Å². The molecule has 21 heavy (non-hydrogen) atoms. The molecule has 0 unspecified atom stereocenters. The number of fused-ring (bicyclic) bond motifs is 1. The first-order valence-corrected chi connectivity index (χ1v) is 7.09. The topological polar surface area (TPSA) is 66.6 Å². The first kappa shape index (κ1) is 13.6. The lowest BCUT2D eigenvalue weighted by atomic mass is 10.2. The first-order valence-electron chi connectivity index (χ1n) is 6.30. The third-order valence-corrected chi connectivity index (χ3v) is 3.67. The number of carboxylic acids is 1. The number of rotatable bonds is 3. The number of pyridine rings is 1. The number of hydrogen-bond donors (Lipinski definition) is 2. The molecule has 0 aliphatic heterocycles. The monoisotopic (exact) mass is 345 g/mol. The van der Waals surface area contributed by atoms with Crippen molar-refractivity contribution in [3.8, 4) is 0 Å². The van der Waals surface area contributed by atoms with Gasteiger partial charge in [-0.3, -0.25) is 4.40 Å². The predicted molar refractivity (Wildman–Crippen MR) is 84.3 cm³/mol. The summed E-state index contributed by atoms with van der Waals surface area (Å²) in [7, 11) is 0. The highest BCUT2D eigenvalue weighted by Gasteiger charge is 2.18. The molecule has 0 saturated carbocycles. The van der Waals surface area contributed by atoms with Crippen molar-refractivity contribution >= 4 is 39.1 Å². The zero-order chi connectivity index (χ0) is 15.0. The van der Waals surface area contributed by atoms with E-state index in [9.17, 15) is 9.90 Å². The Labute approximate surface area is 129 Å². The fraction of sp³-hybridized carbons (Fsp3) is 0.0667. The van der Waals surface area contributed by atoms with Crippen molar-refractivity contribution < 1.29 is 9.90 Å². The maximum absolute atomic E-state index is 11.5. The minimum atomic E-state index is -1.02. The van der Waals surface area contributed by atoms with Gasteiger partial charge in [0.25, 0.3) is 0 Å². The lowest BCUT2D eigenvalue weighted by molar-refractivity contribution is 0.0690. The summed E-state index contributed by atoms with van der Waals surface area (Å²) in [5, 5.41) is 12.5. The molecule has 3 aromatic rings. The molecule has 0 saturated heterocycles. The van der Waals surface area contributed by atoms with Crippen molar-refractivity contribution in [3.05, 3.63) is 58.3 Å². The molecule has 0 spiro atoms. The molecular formula is C15H12BrN3O2. The van der Waals surface area contributed by atoms with E-state index < -0.39 is 5.97 Å². The van der Waals surface area contributed by atoms with Crippen LogP contribution in [0.15, 0.2) is 47.1 Å². The zero-order valence-corrected chi connectivity index (χ0v) is 12.8. The third-order valence-electron chi connectivity index (χ3n) is 3.17. The first-order chi connectivity index (χ1) is 10.1. The SMILES string of the molecule is Cc1cc(Br)ccc1Nc1nc2ccccn2c1C(=O)O. The van der Waals surface area contributed by atoms with Gasteiger partial charge in [-0.15, -0.1) is 0 Å². The van der Waals surface area contributed by atoms with Crippen molar-refractivity contribution in [2.24, 2.45) is 0 Å². The molecule has 0 amide bonds. The van der Waals surface area contributed by atoms with Crippen LogP contribution in [0.2, 0.25) is 0 Å². The summed E-state index contributed by atoms with van der Waals surface area (Å²) in [6.45, 7) is 1.95. The van der Waals surface area contributed by atoms with Gasteiger partial charge in [-0.05, 0) is 42.8 Å². The van der Waals surface area contributed by atoms with Gasteiger partial charge in [0.2, 0.25) is 0 Å². The molecule has 106 valence electrons. The number of nitrogens with one attached hydrogen (secondary N) is 1. The van der Waals surface area contributed by atoms with Gasteiger partial charge in [0.1, 0.15) is 5.65 Å². The Morgan fingerprint density at radius 1 is 1.33 bits per heavy atom. The summed E-state index contributed by atoms with van der Waals surface area (Å²) >= 11 is 3.41. The Hall–Kier alpha value is -2.34. The maximum atomic E-state index is 11.5. The lowest BCUT2D eigenvalue weighted by Gasteiger charge is -2.08. The lowest BCUT2D eigenvalue weighted by Crippen LogP contribution is -2.05. The number of imidazole rings is 1. The summed E-state index contributed by atoms with van der Waals surface area (Å²) in [6, 6.07) is 11.1. The Morgan fingerprint density at radius 2 is 2.14 bits per heavy atom. The highest BCUT2D eigenvalue weighted by atomic mass is 79.9. The number of nitrogens with zero attached hydrogens (tertiary/aromatic N) is 2. The number of aromatic carboxylic acids is 1. The van der Waals surface area contributed by atoms with Crippen LogP contribution in [0.1, 0.15) is 16.1 Å². The van der Waals surface area contributed by atoms with Crippen LogP contribution in [0, 0.1) is 6.92 Å². The highest BCUT2D eigenvalue weighted by molar-refractivity contribution is 9.10. The second kappa shape index (κ2) is 5.21. The molecular weight excluding hydrogens is 334 g/mol. The second-order valence-electron chi connectivity index (χ2n) is 4.63. The molecule has 2 heterocycles. The van der Waals surface area contributed by atoms with Crippen molar-refractivity contribution in [2.75, 3.05) is 5.32 Å². The van der Waals surface area contributed by atoms with Crippen molar-refractivity contribution in [1.82, 2.24) is 9.38 Å². The molecule has 0 aliphatic rings. The number of halogens is 1. The summed E-state index contributed by atoms with van der Waals surface area (Å²) in [4.78, 5) is 15.9. The van der Waals surface area contributed by atoms with Crippen LogP contribution in [0.3, 0.4) is 0 Å². The Bertz CT molecular complexity index is 842. The van der Waals surface area contributed by atoms with E-state index in [4.69, 9.17) is 0 Å². The van der Waals surface area contributed by atoms with E-state index in [0.29, 0.717) is 11.5 Å². The predicted octanol–water partition coefficient (Wildman–Crippen LogP) is 3.85. The smallest absolute Gasteiger partial charge is 0.356 e. The molecule has 6 heteroatoms. The average Bonchev–Trinajstić information content (AvgIpc) is 2.80. The van der Waals surface area contributed by atoms with E-state index in [0.717, 1.165) is 15.7 Å². The molecule has 2 aromatic heterocycles. The number of carboxylic acid groups (broad SMARTS) is 1. The Morgan fingerprint density at radius 3 is 2.86 bits per heavy atom. The van der Waals surface area contributed by atoms with E-state index in [2.05, 4.69) is 26.2 Å². The van der Waals surface area contributed by atoms with Gasteiger partial charge in [-0.2, -0.15) is 0 Å². The molecule has 0 aliphatic carbocycles. The molecule has 1 aromatic carbocycles. The molecule has 5 nitrogen and oxygen atoms in total. The average molecular weight is 346 g/mol. The molecule has 0 bridgehead atoms. The maximum Gasteiger partial charge on any atom is 0.356 e. The molecule has 2 N–H and O–H groups in total. The van der Waals surface area contributed by atoms with Crippen LogP contribution >= 0.6 is 15.9 Å². The molecule has 3 rings (SSSR count). The fourth-order valence-electron chi connectivity index (χ4n) is 2.18. The van der Waals surface area contributed by atoms with Crippen LogP contribution in [-0.2, 0) is 0 Å². The second-order valence-corrected chi connectivity index (χ2v) is 5.54. The number of aryl methyl sites for hydroxylation is 1. The van der Waals surface area contributed by atoms with Gasteiger partial charge < -0.3 is 10.4 Å².